The number of nitrogen functional groups attached to an aromatic ring is 1. The van der Waals surface area contributed by atoms with Crippen LogP contribution in [0.15, 0.2) is 18.2 Å². The van der Waals surface area contributed by atoms with Gasteiger partial charge in [-0.3, -0.25) is 4.79 Å². The summed E-state index contributed by atoms with van der Waals surface area (Å²) in [5, 5.41) is 7.56. The van der Waals surface area contributed by atoms with Crippen LogP contribution in [0.4, 0.5) is 5.69 Å². The lowest BCUT2D eigenvalue weighted by Gasteiger charge is -2.27. The molecule has 3 N–H and O–H groups in total. The van der Waals surface area contributed by atoms with Crippen LogP contribution in [0.3, 0.4) is 0 Å². The normalized spacial score (nSPS) is 14.2. The van der Waals surface area contributed by atoms with Gasteiger partial charge >= 0.3 is 0 Å². The first kappa shape index (κ1) is 16.2. The number of nitrogens with zero attached hydrogens (tertiary/aromatic N) is 1. The van der Waals surface area contributed by atoms with Crippen molar-refractivity contribution >= 4 is 17.3 Å². The fourth-order valence-corrected chi connectivity index (χ4v) is 1.99. The van der Waals surface area contributed by atoms with E-state index in [9.17, 15) is 4.79 Å². The molecule has 0 spiro atoms. The third-order valence-corrected chi connectivity index (χ3v) is 3.00. The number of hydrogen-bond acceptors (Lipinski definition) is 4. The van der Waals surface area contributed by atoms with Gasteiger partial charge in [0, 0.05) is 37.0 Å². The minimum atomic E-state index is -0.0285. The Bertz CT molecular complexity index is 486. The molecule has 1 heterocycles. The van der Waals surface area contributed by atoms with Crippen LogP contribution in [0, 0.1) is 5.41 Å². The Morgan fingerprint density at radius 2 is 1.95 bits per heavy atom. The maximum absolute atomic E-state index is 12.2. The molecule has 0 aliphatic carbocycles. The Kier molecular flexibility index (Phi) is 6.18. The van der Waals surface area contributed by atoms with E-state index in [1.165, 1.54) is 0 Å². The van der Waals surface area contributed by atoms with Crippen molar-refractivity contribution in [1.82, 2.24) is 4.90 Å². The molecule has 0 atom stereocenters. The molecule has 112 valence electrons. The summed E-state index contributed by atoms with van der Waals surface area (Å²) in [4.78, 5) is 14.0. The lowest BCUT2D eigenvalue weighted by Crippen LogP contribution is -2.40. The SMILES string of the molecule is CC.CC(=N)c1ccc(C(=O)N2CCOCC2)cc1N.[HH]. The number of rotatable bonds is 2. The van der Waals surface area contributed by atoms with Crippen molar-refractivity contribution in [1.29, 1.82) is 5.41 Å². The molecule has 1 aromatic rings. The van der Waals surface area contributed by atoms with Crippen molar-refractivity contribution in [3.05, 3.63) is 29.3 Å². The Balaban J connectivity index is 0.00000128. The van der Waals surface area contributed by atoms with Gasteiger partial charge in [-0.25, -0.2) is 0 Å². The van der Waals surface area contributed by atoms with Crippen LogP contribution < -0.4 is 5.73 Å². The molecule has 2 rings (SSSR count). The standard InChI is InChI=1S/C13H17N3O2.C2H6.H2/c1-9(14)11-3-2-10(8-12(11)15)13(17)16-4-6-18-7-5-16;1-2;/h2-3,8,14H,4-7,15H2,1H3;1-2H3;1H. The van der Waals surface area contributed by atoms with E-state index < -0.39 is 0 Å². The highest BCUT2D eigenvalue weighted by atomic mass is 16.5. The minimum Gasteiger partial charge on any atom is -0.398 e. The average Bonchev–Trinajstić information content (AvgIpc) is 2.49. The molecule has 0 radical (unpaired) electrons. The zero-order valence-corrected chi connectivity index (χ0v) is 12.4. The topological polar surface area (TPSA) is 79.4 Å². The van der Waals surface area contributed by atoms with Gasteiger partial charge in [-0.05, 0) is 19.1 Å². The zero-order chi connectivity index (χ0) is 15.1. The minimum absolute atomic E-state index is 0. The molecule has 5 heteroatoms. The lowest BCUT2D eigenvalue weighted by atomic mass is 10.1. The summed E-state index contributed by atoms with van der Waals surface area (Å²) in [5.41, 5.74) is 7.97. The van der Waals surface area contributed by atoms with E-state index in [1.807, 2.05) is 13.8 Å². The van der Waals surface area contributed by atoms with Gasteiger partial charge in [-0.2, -0.15) is 0 Å². The van der Waals surface area contributed by atoms with Crippen LogP contribution in [0.2, 0.25) is 0 Å². The van der Waals surface area contributed by atoms with Crippen molar-refractivity contribution < 1.29 is 11.0 Å². The van der Waals surface area contributed by atoms with E-state index >= 15 is 0 Å². The number of anilines is 1. The molecule has 1 amide bonds. The first-order valence-corrected chi connectivity index (χ1v) is 6.91. The summed E-state index contributed by atoms with van der Waals surface area (Å²) in [7, 11) is 0. The maximum atomic E-state index is 12.2. The van der Waals surface area contributed by atoms with Crippen molar-refractivity contribution in [3.8, 4) is 0 Å². The van der Waals surface area contributed by atoms with Gasteiger partial charge in [-0.15, -0.1) is 0 Å². The van der Waals surface area contributed by atoms with E-state index in [-0.39, 0.29) is 7.33 Å². The number of hydrogen-bond donors (Lipinski definition) is 2. The first-order valence-electron chi connectivity index (χ1n) is 6.91. The van der Waals surface area contributed by atoms with Crippen molar-refractivity contribution in [2.45, 2.75) is 20.8 Å². The van der Waals surface area contributed by atoms with Gasteiger partial charge in [0.2, 0.25) is 0 Å². The van der Waals surface area contributed by atoms with Crippen LogP contribution >= 0.6 is 0 Å². The molecule has 1 fully saturated rings. The van der Waals surface area contributed by atoms with E-state index in [1.54, 1.807) is 30.0 Å². The average molecular weight is 279 g/mol. The monoisotopic (exact) mass is 279 g/mol. The molecule has 1 aliphatic rings. The van der Waals surface area contributed by atoms with Crippen LogP contribution in [-0.2, 0) is 4.74 Å². The van der Waals surface area contributed by atoms with Gasteiger partial charge < -0.3 is 20.8 Å². The van der Waals surface area contributed by atoms with Gasteiger partial charge in [-0.1, -0.05) is 19.9 Å². The van der Waals surface area contributed by atoms with Gasteiger partial charge in [0.1, 0.15) is 0 Å². The molecule has 1 saturated heterocycles. The van der Waals surface area contributed by atoms with Gasteiger partial charge in [0.15, 0.2) is 0 Å². The molecule has 5 nitrogen and oxygen atoms in total. The molecule has 1 aliphatic heterocycles. The number of morpholine rings is 1. The Labute approximate surface area is 121 Å². The van der Waals surface area contributed by atoms with Crippen molar-refractivity contribution in [2.75, 3.05) is 32.0 Å². The van der Waals surface area contributed by atoms with E-state index in [2.05, 4.69) is 0 Å². The van der Waals surface area contributed by atoms with Crippen molar-refractivity contribution in [3.63, 3.8) is 0 Å². The second-order valence-electron chi connectivity index (χ2n) is 4.33. The molecule has 0 aromatic heterocycles. The van der Waals surface area contributed by atoms with Crippen LogP contribution in [0.5, 0.6) is 0 Å². The fraction of sp³-hybridized carbons (Fsp3) is 0.467. The fourth-order valence-electron chi connectivity index (χ4n) is 1.99. The Hall–Kier alpha value is -1.88. The Morgan fingerprint density at radius 3 is 2.45 bits per heavy atom. The van der Waals surface area contributed by atoms with Crippen LogP contribution in [-0.4, -0.2) is 42.8 Å². The third-order valence-electron chi connectivity index (χ3n) is 3.00. The molecule has 0 saturated carbocycles. The number of nitrogens with two attached hydrogens (primary N) is 1. The lowest BCUT2D eigenvalue weighted by molar-refractivity contribution is 0.0303. The Morgan fingerprint density at radius 1 is 1.35 bits per heavy atom. The number of ether oxygens (including phenoxy) is 1. The highest BCUT2D eigenvalue weighted by Crippen LogP contribution is 2.16. The number of carbonyl (C=O) groups excluding carboxylic acids is 1. The predicted molar refractivity (Wildman–Crippen MR) is 83.5 cm³/mol. The summed E-state index contributed by atoms with van der Waals surface area (Å²) in [6.45, 7) is 8.07. The quantitative estimate of drug-likeness (QED) is 0.644. The van der Waals surface area contributed by atoms with Crippen molar-refractivity contribution in [2.24, 2.45) is 0 Å². The highest BCUT2D eigenvalue weighted by molar-refractivity contribution is 6.03. The third kappa shape index (κ3) is 3.81. The molecule has 0 bridgehead atoms. The summed E-state index contributed by atoms with van der Waals surface area (Å²) >= 11 is 0. The zero-order valence-electron chi connectivity index (χ0n) is 12.4. The summed E-state index contributed by atoms with van der Waals surface area (Å²) in [6, 6.07) is 5.10. The van der Waals surface area contributed by atoms with Crippen LogP contribution in [0.25, 0.3) is 0 Å². The van der Waals surface area contributed by atoms with E-state index in [4.69, 9.17) is 15.9 Å². The largest absolute Gasteiger partial charge is 0.398 e. The second-order valence-corrected chi connectivity index (χ2v) is 4.33. The number of nitrogens with one attached hydrogen (secondary N) is 1. The first-order chi connectivity index (χ1) is 9.59. The summed E-state index contributed by atoms with van der Waals surface area (Å²) in [6.07, 6.45) is 0. The number of benzene rings is 1. The molecular formula is C15H25N3O2. The maximum Gasteiger partial charge on any atom is 0.254 e. The molecule has 20 heavy (non-hydrogen) atoms. The molecule has 1 aromatic carbocycles. The second kappa shape index (κ2) is 7.65. The van der Waals surface area contributed by atoms with E-state index in [0.29, 0.717) is 48.8 Å². The number of carbonyl (C=O) groups is 1. The molecule has 0 unspecified atom stereocenters. The smallest absolute Gasteiger partial charge is 0.254 e. The highest BCUT2D eigenvalue weighted by Gasteiger charge is 2.19. The van der Waals surface area contributed by atoms with Crippen LogP contribution in [0.1, 0.15) is 38.1 Å². The number of amides is 1. The summed E-state index contributed by atoms with van der Waals surface area (Å²) < 4.78 is 5.21. The predicted octanol–water partition coefficient (Wildman–Crippen LogP) is 2.40. The van der Waals surface area contributed by atoms with E-state index in [0.717, 1.165) is 0 Å². The van der Waals surface area contributed by atoms with Gasteiger partial charge in [0.25, 0.3) is 5.91 Å². The van der Waals surface area contributed by atoms with Gasteiger partial charge in [0.05, 0.1) is 13.2 Å². The molecular weight excluding hydrogens is 254 g/mol. The summed E-state index contributed by atoms with van der Waals surface area (Å²) in [5.74, 6) is -0.0285.